The number of aryl methyl sites for hydroxylation is 2. The first kappa shape index (κ1) is 17.0. The second-order valence-electron chi connectivity index (χ2n) is 5.04. The summed E-state index contributed by atoms with van der Waals surface area (Å²) in [6, 6.07) is 8.62. The van der Waals surface area contributed by atoms with Crippen LogP contribution in [0.4, 0.5) is 5.69 Å². The van der Waals surface area contributed by atoms with E-state index in [9.17, 15) is 9.59 Å². The molecule has 1 aromatic carbocycles. The van der Waals surface area contributed by atoms with Crippen LogP contribution in [0.2, 0.25) is 0 Å². The number of nitrogens with one attached hydrogen (secondary N) is 1. The number of carboxylic acids is 1. The smallest absolute Gasteiger partial charge is 0.307 e. The van der Waals surface area contributed by atoms with E-state index in [0.717, 1.165) is 11.4 Å². The quantitative estimate of drug-likeness (QED) is 0.624. The van der Waals surface area contributed by atoms with Crippen LogP contribution in [0.3, 0.4) is 0 Å². The second kappa shape index (κ2) is 7.73. The summed E-state index contributed by atoms with van der Waals surface area (Å²) >= 11 is 1.28. The Kier molecular flexibility index (Phi) is 5.70. The zero-order chi connectivity index (χ0) is 16.8. The minimum absolute atomic E-state index is 0.0336. The molecule has 0 atom stereocenters. The Bertz CT molecular complexity index is 697. The molecule has 2 rings (SSSR count). The fraction of sp³-hybridized carbons (Fsp3) is 0.250. The van der Waals surface area contributed by atoms with Gasteiger partial charge in [-0.1, -0.05) is 23.9 Å². The van der Waals surface area contributed by atoms with Crippen LogP contribution in [-0.2, 0) is 16.0 Å². The van der Waals surface area contributed by atoms with Gasteiger partial charge in [0, 0.05) is 17.1 Å². The van der Waals surface area contributed by atoms with Gasteiger partial charge >= 0.3 is 5.97 Å². The molecule has 0 unspecified atom stereocenters. The number of aromatic nitrogens is 2. The third-order valence-electron chi connectivity index (χ3n) is 2.89. The maximum atomic E-state index is 11.9. The summed E-state index contributed by atoms with van der Waals surface area (Å²) in [6.07, 6.45) is -0.0336. The molecule has 1 amide bonds. The van der Waals surface area contributed by atoms with Crippen molar-refractivity contribution in [3.05, 3.63) is 47.3 Å². The van der Waals surface area contributed by atoms with Crippen molar-refractivity contribution >= 4 is 29.3 Å². The lowest BCUT2D eigenvalue weighted by Crippen LogP contribution is -2.14. The van der Waals surface area contributed by atoms with Crippen molar-refractivity contribution in [2.75, 3.05) is 11.1 Å². The van der Waals surface area contributed by atoms with Crippen LogP contribution in [-0.4, -0.2) is 32.7 Å². The van der Waals surface area contributed by atoms with Crippen molar-refractivity contribution in [1.82, 2.24) is 9.97 Å². The van der Waals surface area contributed by atoms with Crippen LogP contribution in [0.5, 0.6) is 0 Å². The van der Waals surface area contributed by atoms with Crippen LogP contribution < -0.4 is 5.32 Å². The number of carboxylic acid groups (broad SMARTS) is 1. The van der Waals surface area contributed by atoms with Crippen molar-refractivity contribution in [2.45, 2.75) is 25.4 Å². The summed E-state index contributed by atoms with van der Waals surface area (Å²) in [4.78, 5) is 31.1. The van der Waals surface area contributed by atoms with Gasteiger partial charge in [0.05, 0.1) is 12.2 Å². The average molecular weight is 331 g/mol. The van der Waals surface area contributed by atoms with Crippen LogP contribution in [0, 0.1) is 13.8 Å². The first-order chi connectivity index (χ1) is 10.9. The topological polar surface area (TPSA) is 92.2 Å². The summed E-state index contributed by atoms with van der Waals surface area (Å²) in [7, 11) is 0. The summed E-state index contributed by atoms with van der Waals surface area (Å²) < 4.78 is 0. The number of hydrogen-bond acceptors (Lipinski definition) is 5. The Labute approximate surface area is 138 Å². The predicted molar refractivity (Wildman–Crippen MR) is 88.6 cm³/mol. The molecule has 0 bridgehead atoms. The van der Waals surface area contributed by atoms with Crippen molar-refractivity contribution in [3.8, 4) is 0 Å². The molecule has 0 aliphatic carbocycles. The monoisotopic (exact) mass is 331 g/mol. The van der Waals surface area contributed by atoms with Crippen LogP contribution in [0.25, 0.3) is 0 Å². The van der Waals surface area contributed by atoms with Gasteiger partial charge in [-0.15, -0.1) is 0 Å². The molecule has 7 heteroatoms. The Hall–Kier alpha value is -2.41. The molecule has 0 saturated heterocycles. The molecule has 2 aromatic rings. The fourth-order valence-electron chi connectivity index (χ4n) is 1.97. The highest BCUT2D eigenvalue weighted by molar-refractivity contribution is 7.99. The van der Waals surface area contributed by atoms with Crippen LogP contribution >= 0.6 is 11.8 Å². The normalized spacial score (nSPS) is 10.3. The number of aliphatic carboxylic acids is 1. The van der Waals surface area contributed by atoms with E-state index in [1.807, 2.05) is 19.9 Å². The minimum Gasteiger partial charge on any atom is -0.481 e. The Morgan fingerprint density at radius 2 is 1.74 bits per heavy atom. The van der Waals surface area contributed by atoms with E-state index in [4.69, 9.17) is 5.11 Å². The van der Waals surface area contributed by atoms with Crippen molar-refractivity contribution in [3.63, 3.8) is 0 Å². The Morgan fingerprint density at radius 1 is 1.13 bits per heavy atom. The summed E-state index contributed by atoms with van der Waals surface area (Å²) in [5.74, 6) is -0.838. The molecule has 1 heterocycles. The number of thioether (sulfide) groups is 1. The van der Waals surface area contributed by atoms with Crippen LogP contribution in [0.15, 0.2) is 35.5 Å². The van der Waals surface area contributed by atoms with Gasteiger partial charge < -0.3 is 10.4 Å². The van der Waals surface area contributed by atoms with E-state index in [-0.39, 0.29) is 18.1 Å². The van der Waals surface area contributed by atoms with Gasteiger partial charge in [-0.3, -0.25) is 9.59 Å². The van der Waals surface area contributed by atoms with Crippen LogP contribution in [0.1, 0.15) is 17.0 Å². The molecule has 0 aliphatic rings. The highest BCUT2D eigenvalue weighted by Gasteiger charge is 2.07. The van der Waals surface area contributed by atoms with Crippen molar-refractivity contribution in [2.24, 2.45) is 0 Å². The number of carbonyl (C=O) groups excluding carboxylic acids is 1. The highest BCUT2D eigenvalue weighted by atomic mass is 32.2. The molecule has 2 N–H and O–H groups in total. The van der Waals surface area contributed by atoms with E-state index in [0.29, 0.717) is 16.4 Å². The minimum atomic E-state index is -0.883. The maximum absolute atomic E-state index is 11.9. The second-order valence-corrected chi connectivity index (χ2v) is 5.98. The first-order valence-electron chi connectivity index (χ1n) is 6.98. The van der Waals surface area contributed by atoms with E-state index in [1.54, 1.807) is 24.3 Å². The fourth-order valence-corrected chi connectivity index (χ4v) is 2.72. The zero-order valence-electron chi connectivity index (χ0n) is 12.9. The SMILES string of the molecule is Cc1cc(C)nc(SCC(=O)Nc2ccc(CC(=O)O)cc2)n1. The van der Waals surface area contributed by atoms with Gasteiger partial charge in [-0.25, -0.2) is 9.97 Å². The highest BCUT2D eigenvalue weighted by Crippen LogP contribution is 2.15. The molecular weight excluding hydrogens is 314 g/mol. The molecule has 120 valence electrons. The largest absolute Gasteiger partial charge is 0.481 e. The number of nitrogens with zero attached hydrogens (tertiary/aromatic N) is 2. The lowest BCUT2D eigenvalue weighted by Gasteiger charge is -2.06. The maximum Gasteiger partial charge on any atom is 0.307 e. The molecule has 23 heavy (non-hydrogen) atoms. The van der Waals surface area contributed by atoms with Gasteiger partial charge in [-0.05, 0) is 37.6 Å². The average Bonchev–Trinajstić information content (AvgIpc) is 2.46. The zero-order valence-corrected chi connectivity index (χ0v) is 13.7. The van der Waals surface area contributed by atoms with E-state index >= 15 is 0 Å². The summed E-state index contributed by atoms with van der Waals surface area (Å²) in [6.45, 7) is 3.77. The lowest BCUT2D eigenvalue weighted by molar-refractivity contribution is -0.136. The third kappa shape index (κ3) is 5.71. The first-order valence-corrected chi connectivity index (χ1v) is 7.96. The molecular formula is C16H17N3O3S. The predicted octanol–water partition coefficient (Wildman–Crippen LogP) is 2.45. The van der Waals surface area contributed by atoms with E-state index in [2.05, 4.69) is 15.3 Å². The lowest BCUT2D eigenvalue weighted by atomic mass is 10.1. The number of rotatable bonds is 6. The summed E-state index contributed by atoms with van der Waals surface area (Å²) in [5, 5.41) is 12.1. The van der Waals surface area contributed by atoms with Crippen molar-refractivity contribution in [1.29, 1.82) is 0 Å². The van der Waals surface area contributed by atoms with Gasteiger partial charge in [0.25, 0.3) is 0 Å². The molecule has 0 fully saturated rings. The molecule has 6 nitrogen and oxygen atoms in total. The Morgan fingerprint density at radius 3 is 2.30 bits per heavy atom. The number of amides is 1. The van der Waals surface area contributed by atoms with Gasteiger partial charge in [0.1, 0.15) is 0 Å². The Balaban J connectivity index is 1.88. The summed E-state index contributed by atoms with van der Waals surface area (Å²) in [5.41, 5.74) is 3.06. The number of carbonyl (C=O) groups is 2. The van der Waals surface area contributed by atoms with E-state index in [1.165, 1.54) is 11.8 Å². The molecule has 0 radical (unpaired) electrons. The number of hydrogen-bond donors (Lipinski definition) is 2. The molecule has 0 spiro atoms. The number of benzene rings is 1. The van der Waals surface area contributed by atoms with Crippen molar-refractivity contribution < 1.29 is 14.7 Å². The van der Waals surface area contributed by atoms with Gasteiger partial charge in [0.15, 0.2) is 5.16 Å². The van der Waals surface area contributed by atoms with E-state index < -0.39 is 5.97 Å². The van der Waals surface area contributed by atoms with Gasteiger partial charge in [-0.2, -0.15) is 0 Å². The van der Waals surface area contributed by atoms with Gasteiger partial charge in [0.2, 0.25) is 5.91 Å². The molecule has 1 aromatic heterocycles. The standard InChI is InChI=1S/C16H17N3O3S/c1-10-7-11(2)18-16(17-10)23-9-14(20)19-13-5-3-12(4-6-13)8-15(21)22/h3-7H,8-9H2,1-2H3,(H,19,20)(H,21,22). The third-order valence-corrected chi connectivity index (χ3v) is 3.73. The molecule has 0 aliphatic heterocycles. The molecule has 0 saturated carbocycles. The number of anilines is 1.